The summed E-state index contributed by atoms with van der Waals surface area (Å²) < 4.78 is 13.5. The van der Waals surface area contributed by atoms with Gasteiger partial charge in [0.05, 0.1) is 37.4 Å². The summed E-state index contributed by atoms with van der Waals surface area (Å²) in [6.07, 6.45) is 1.70. The van der Waals surface area contributed by atoms with Crippen molar-refractivity contribution >= 4 is 41.3 Å². The highest BCUT2D eigenvalue weighted by Gasteiger charge is 2.18. The lowest BCUT2D eigenvalue weighted by Crippen LogP contribution is -2.27. The number of nitrogens with one attached hydrogen (secondary N) is 1. The zero-order valence-electron chi connectivity index (χ0n) is 14.1. The van der Waals surface area contributed by atoms with Gasteiger partial charge in [-0.25, -0.2) is 14.1 Å². The van der Waals surface area contributed by atoms with Crippen molar-refractivity contribution in [3.8, 4) is 11.5 Å². The van der Waals surface area contributed by atoms with E-state index in [1.165, 1.54) is 11.4 Å². The van der Waals surface area contributed by atoms with Crippen LogP contribution in [-0.4, -0.2) is 29.8 Å². The lowest BCUT2D eigenvalue weighted by molar-refractivity contribution is 0.260. The maximum absolute atomic E-state index is 12.6. The minimum atomic E-state index is -0.426. The number of hydrogen-bond acceptors (Lipinski definition) is 5. The molecule has 0 saturated heterocycles. The van der Waals surface area contributed by atoms with E-state index in [1.807, 2.05) is 23.7 Å². The van der Waals surface area contributed by atoms with E-state index in [2.05, 4.69) is 23.1 Å². The quantitative estimate of drug-likeness (QED) is 0.701. The number of hydrogen-bond donors (Lipinski definition) is 2. The Balaban J connectivity index is 1.88. The summed E-state index contributed by atoms with van der Waals surface area (Å²) in [7, 11) is 4.98. The molecule has 0 saturated carbocycles. The van der Waals surface area contributed by atoms with E-state index < -0.39 is 6.03 Å². The van der Waals surface area contributed by atoms with Gasteiger partial charge in [0.15, 0.2) is 0 Å². The number of nitrogens with zero attached hydrogens (tertiary/aromatic N) is 3. The van der Waals surface area contributed by atoms with Crippen LogP contribution in [-0.2, 0) is 7.05 Å². The minimum absolute atomic E-state index is 0.426. The van der Waals surface area contributed by atoms with Gasteiger partial charge in [0.2, 0.25) is 0 Å². The van der Waals surface area contributed by atoms with Crippen LogP contribution in [0.4, 0.5) is 16.2 Å². The van der Waals surface area contributed by atoms with Crippen LogP contribution in [0, 0.1) is 0 Å². The molecule has 0 aliphatic carbocycles. The third-order valence-electron chi connectivity index (χ3n) is 3.80. The van der Waals surface area contributed by atoms with Crippen LogP contribution in [0.3, 0.4) is 0 Å². The molecular weight excluding hydrogens is 340 g/mol. The molecule has 8 heteroatoms. The van der Waals surface area contributed by atoms with Crippen molar-refractivity contribution in [2.24, 2.45) is 7.05 Å². The highest BCUT2D eigenvalue weighted by molar-refractivity contribution is 7.82. The van der Waals surface area contributed by atoms with Crippen molar-refractivity contribution < 1.29 is 14.3 Å². The first-order valence-electron chi connectivity index (χ1n) is 7.47. The first-order chi connectivity index (χ1) is 12.0. The number of benzene rings is 2. The van der Waals surface area contributed by atoms with Crippen LogP contribution in [0.1, 0.15) is 0 Å². The minimum Gasteiger partial charge on any atom is -0.497 e. The lowest BCUT2D eigenvalue weighted by atomic mass is 10.2. The van der Waals surface area contributed by atoms with E-state index in [4.69, 9.17) is 9.47 Å². The molecule has 25 heavy (non-hydrogen) atoms. The van der Waals surface area contributed by atoms with Crippen LogP contribution in [0.5, 0.6) is 11.5 Å². The second-order valence-corrected chi connectivity index (χ2v) is 5.71. The zero-order valence-corrected chi connectivity index (χ0v) is 14.9. The van der Waals surface area contributed by atoms with E-state index in [9.17, 15) is 4.79 Å². The topological polar surface area (TPSA) is 68.6 Å². The number of amides is 2. The smallest absolute Gasteiger partial charge is 0.336 e. The Kier molecular flexibility index (Phi) is 4.71. The first kappa shape index (κ1) is 17.0. The Hall–Kier alpha value is -2.87. The van der Waals surface area contributed by atoms with Gasteiger partial charge in [-0.05, 0) is 24.3 Å². The first-order valence-corrected chi connectivity index (χ1v) is 7.87. The molecule has 1 aromatic heterocycles. The Bertz CT molecular complexity index is 925. The molecule has 130 valence electrons. The molecule has 0 radical (unpaired) electrons. The summed E-state index contributed by atoms with van der Waals surface area (Å²) in [5.41, 5.74) is 2.74. The summed E-state index contributed by atoms with van der Waals surface area (Å²) in [5, 5.41) is 2.82. The van der Waals surface area contributed by atoms with Gasteiger partial charge in [-0.3, -0.25) is 0 Å². The fourth-order valence-electron chi connectivity index (χ4n) is 2.50. The number of thiol groups is 1. The van der Waals surface area contributed by atoms with Gasteiger partial charge in [-0.1, -0.05) is 18.9 Å². The number of imidazole rings is 1. The fraction of sp³-hybridized carbons (Fsp3) is 0.176. The fourth-order valence-corrected chi connectivity index (χ4v) is 2.71. The molecule has 0 unspecified atom stereocenters. The number of rotatable bonds is 4. The van der Waals surface area contributed by atoms with Crippen LogP contribution in [0.2, 0.25) is 0 Å². The van der Waals surface area contributed by atoms with E-state index in [-0.39, 0.29) is 0 Å². The average molecular weight is 358 g/mol. The summed E-state index contributed by atoms with van der Waals surface area (Å²) in [6.45, 7) is 0. The van der Waals surface area contributed by atoms with Crippen molar-refractivity contribution in [3.05, 3.63) is 42.7 Å². The number of carbonyl (C=O) groups is 1. The van der Waals surface area contributed by atoms with Crippen molar-refractivity contribution in [2.45, 2.75) is 0 Å². The lowest BCUT2D eigenvalue weighted by Gasteiger charge is -2.19. The molecule has 3 aromatic rings. The number of ether oxygens (including phenoxy) is 2. The number of anilines is 2. The van der Waals surface area contributed by atoms with E-state index in [0.29, 0.717) is 28.4 Å². The van der Waals surface area contributed by atoms with Crippen molar-refractivity contribution in [3.63, 3.8) is 0 Å². The number of aromatic nitrogens is 2. The number of aryl methyl sites for hydroxylation is 1. The highest BCUT2D eigenvalue weighted by atomic mass is 32.1. The van der Waals surface area contributed by atoms with Gasteiger partial charge in [-0.15, -0.1) is 0 Å². The zero-order chi connectivity index (χ0) is 18.0. The molecule has 1 N–H and O–H groups in total. The molecule has 0 aliphatic heterocycles. The summed E-state index contributed by atoms with van der Waals surface area (Å²) in [6, 6.07) is 10.3. The van der Waals surface area contributed by atoms with Gasteiger partial charge >= 0.3 is 6.03 Å². The normalized spacial score (nSPS) is 10.6. The van der Waals surface area contributed by atoms with Gasteiger partial charge in [-0.2, -0.15) is 0 Å². The molecule has 7 nitrogen and oxygen atoms in total. The van der Waals surface area contributed by atoms with Gasteiger partial charge < -0.3 is 19.4 Å². The number of urea groups is 1. The second kappa shape index (κ2) is 6.94. The van der Waals surface area contributed by atoms with Gasteiger partial charge in [0.25, 0.3) is 0 Å². The maximum Gasteiger partial charge on any atom is 0.336 e. The number of para-hydroxylation sites is 1. The molecule has 2 aromatic carbocycles. The molecular formula is C17H18N4O3S. The van der Waals surface area contributed by atoms with Crippen molar-refractivity contribution in [1.82, 2.24) is 9.55 Å². The number of methoxy groups -OCH3 is 2. The predicted octanol–water partition coefficient (Wildman–Crippen LogP) is 3.47. The van der Waals surface area contributed by atoms with Crippen LogP contribution in [0.25, 0.3) is 11.0 Å². The van der Waals surface area contributed by atoms with Gasteiger partial charge in [0, 0.05) is 13.1 Å². The Morgan fingerprint density at radius 2 is 2.04 bits per heavy atom. The number of fused-ring (bicyclic) bond motifs is 1. The second-order valence-electron chi connectivity index (χ2n) is 5.31. The molecule has 1 heterocycles. The average Bonchev–Trinajstić information content (AvgIpc) is 3.02. The van der Waals surface area contributed by atoms with E-state index >= 15 is 0 Å². The van der Waals surface area contributed by atoms with Crippen molar-refractivity contribution in [1.29, 1.82) is 0 Å². The molecule has 0 fully saturated rings. The maximum atomic E-state index is 12.6. The largest absolute Gasteiger partial charge is 0.497 e. The number of carbonyl (C=O) groups excluding carboxylic acids is 1. The molecule has 0 aliphatic rings. The molecule has 2 amide bonds. The molecule has 3 rings (SSSR count). The monoisotopic (exact) mass is 358 g/mol. The van der Waals surface area contributed by atoms with Crippen LogP contribution in [0.15, 0.2) is 42.7 Å². The van der Waals surface area contributed by atoms with E-state index in [1.54, 1.807) is 37.7 Å². The van der Waals surface area contributed by atoms with E-state index in [0.717, 1.165) is 5.52 Å². The Labute approximate surface area is 150 Å². The molecule has 0 spiro atoms. The Morgan fingerprint density at radius 3 is 2.76 bits per heavy atom. The van der Waals surface area contributed by atoms with Gasteiger partial charge in [0.1, 0.15) is 17.0 Å². The van der Waals surface area contributed by atoms with Crippen LogP contribution < -0.4 is 19.1 Å². The summed E-state index contributed by atoms with van der Waals surface area (Å²) in [4.78, 5) is 16.9. The molecule has 0 bridgehead atoms. The third kappa shape index (κ3) is 3.20. The standard InChI is InChI=1S/C17H18N4O3S/c1-20-10-18-16-12(5-4-6-14(16)20)19-17(22)21(25)13-8-7-11(23-2)9-15(13)24-3/h4-10,25H,1-3H3,(H,19,22). The SMILES string of the molecule is COc1ccc(N(S)C(=O)Nc2cccc3c2ncn3C)c(OC)c1. The van der Waals surface area contributed by atoms with Crippen LogP contribution >= 0.6 is 12.8 Å². The van der Waals surface area contributed by atoms with Crippen molar-refractivity contribution in [2.75, 3.05) is 23.8 Å². The summed E-state index contributed by atoms with van der Waals surface area (Å²) >= 11 is 4.31. The Morgan fingerprint density at radius 1 is 1.24 bits per heavy atom. The molecule has 0 atom stereocenters. The summed E-state index contributed by atoms with van der Waals surface area (Å²) in [5.74, 6) is 1.10. The third-order valence-corrected chi connectivity index (χ3v) is 4.20. The predicted molar refractivity (Wildman–Crippen MR) is 101 cm³/mol. The highest BCUT2D eigenvalue weighted by Crippen LogP contribution is 2.33.